The highest BCUT2D eigenvalue weighted by atomic mass is 127. The molecular weight excluding hydrogens is 527 g/mol. The molecule has 1 aliphatic heterocycles. The molecule has 0 unspecified atom stereocenters. The van der Waals surface area contributed by atoms with Gasteiger partial charge in [-0.15, -0.1) is 24.0 Å². The summed E-state index contributed by atoms with van der Waals surface area (Å²) in [6.45, 7) is 6.01. The number of nitrogens with zero attached hydrogens (tertiary/aromatic N) is 2. The zero-order valence-corrected chi connectivity index (χ0v) is 21.3. The molecule has 2 aromatic rings. The Morgan fingerprint density at radius 1 is 1.10 bits per heavy atom. The highest BCUT2D eigenvalue weighted by molar-refractivity contribution is 14.0. The van der Waals surface area contributed by atoms with Gasteiger partial charge in [-0.05, 0) is 35.2 Å². The zero-order chi connectivity index (χ0) is 21.2. The third-order valence-electron chi connectivity index (χ3n) is 5.23. The van der Waals surface area contributed by atoms with Crippen molar-refractivity contribution in [2.75, 3.05) is 47.0 Å². The summed E-state index contributed by atoms with van der Waals surface area (Å²) in [6, 6.07) is 14.3. The van der Waals surface area contributed by atoms with Gasteiger partial charge in [-0.2, -0.15) is 0 Å². The van der Waals surface area contributed by atoms with E-state index in [0.29, 0.717) is 0 Å². The van der Waals surface area contributed by atoms with E-state index in [9.17, 15) is 0 Å². The fourth-order valence-corrected chi connectivity index (χ4v) is 3.72. The number of nitrogens with one attached hydrogen (secondary N) is 2. The van der Waals surface area contributed by atoms with E-state index < -0.39 is 0 Å². The fourth-order valence-electron chi connectivity index (χ4n) is 3.46. The summed E-state index contributed by atoms with van der Waals surface area (Å²) < 4.78 is 10.7. The smallest absolute Gasteiger partial charge is 0.191 e. The summed E-state index contributed by atoms with van der Waals surface area (Å²) in [5, 5.41) is 7.51. The summed E-state index contributed by atoms with van der Waals surface area (Å²) in [6.07, 6.45) is 0.803. The van der Waals surface area contributed by atoms with Crippen LogP contribution in [0.4, 0.5) is 0 Å². The Morgan fingerprint density at radius 2 is 1.84 bits per heavy atom. The average Bonchev–Trinajstić information content (AvgIpc) is 2.78. The number of aliphatic imine (C=N–C) groups is 1. The van der Waals surface area contributed by atoms with E-state index in [1.54, 1.807) is 14.2 Å². The van der Waals surface area contributed by atoms with E-state index >= 15 is 0 Å². The van der Waals surface area contributed by atoms with E-state index in [-0.39, 0.29) is 24.0 Å². The van der Waals surface area contributed by atoms with Crippen molar-refractivity contribution < 1.29 is 9.47 Å². The van der Waals surface area contributed by atoms with Crippen molar-refractivity contribution in [2.24, 2.45) is 4.99 Å². The normalized spacial score (nSPS) is 14.6. The predicted octanol–water partition coefficient (Wildman–Crippen LogP) is 3.71. The number of benzene rings is 2. The van der Waals surface area contributed by atoms with Gasteiger partial charge in [-0.3, -0.25) is 9.89 Å². The molecule has 3 rings (SSSR count). The van der Waals surface area contributed by atoms with Crippen LogP contribution in [0.15, 0.2) is 47.5 Å². The standard InChI is InChI=1S/C23H31ClN4O2.HI/c1-25-23(26-10-9-18-7-8-21(29-2)15-22(18)24)27-16-19-5-3-4-6-20(19)17-28-11-13-30-14-12-28;/h3-8,15H,9-14,16-17H2,1-2H3,(H2,25,26,27);1H. The Bertz CT molecular complexity index is 844. The van der Waals surface area contributed by atoms with Crippen molar-refractivity contribution in [3.8, 4) is 5.75 Å². The molecule has 1 aliphatic rings. The minimum absolute atomic E-state index is 0. The van der Waals surface area contributed by atoms with Crippen molar-refractivity contribution in [1.82, 2.24) is 15.5 Å². The topological polar surface area (TPSA) is 58.1 Å². The predicted molar refractivity (Wildman–Crippen MR) is 138 cm³/mol. The van der Waals surface area contributed by atoms with Gasteiger partial charge in [0.2, 0.25) is 0 Å². The number of halogens is 2. The monoisotopic (exact) mass is 558 g/mol. The van der Waals surface area contributed by atoms with Gasteiger partial charge in [0, 0.05) is 44.8 Å². The number of morpholine rings is 1. The molecule has 1 heterocycles. The molecule has 6 nitrogen and oxygen atoms in total. The van der Waals surface area contributed by atoms with E-state index in [4.69, 9.17) is 21.1 Å². The maximum Gasteiger partial charge on any atom is 0.191 e. The minimum Gasteiger partial charge on any atom is -0.497 e. The summed E-state index contributed by atoms with van der Waals surface area (Å²) >= 11 is 6.33. The van der Waals surface area contributed by atoms with Gasteiger partial charge >= 0.3 is 0 Å². The second-order valence-corrected chi connectivity index (χ2v) is 7.62. The molecule has 0 radical (unpaired) electrons. The number of hydrogen-bond acceptors (Lipinski definition) is 4. The molecule has 0 amide bonds. The maximum absolute atomic E-state index is 6.33. The van der Waals surface area contributed by atoms with Gasteiger partial charge in [0.05, 0.1) is 20.3 Å². The molecule has 1 saturated heterocycles. The molecule has 0 aromatic heterocycles. The van der Waals surface area contributed by atoms with Crippen LogP contribution in [0.5, 0.6) is 5.75 Å². The Labute approximate surface area is 207 Å². The van der Waals surface area contributed by atoms with Crippen LogP contribution >= 0.6 is 35.6 Å². The van der Waals surface area contributed by atoms with Crippen LogP contribution in [-0.2, 0) is 24.2 Å². The molecule has 170 valence electrons. The average molecular weight is 559 g/mol. The lowest BCUT2D eigenvalue weighted by Crippen LogP contribution is -2.38. The third kappa shape index (κ3) is 8.14. The van der Waals surface area contributed by atoms with Gasteiger partial charge in [0.1, 0.15) is 5.75 Å². The Balaban J connectivity index is 0.00000341. The van der Waals surface area contributed by atoms with Crippen LogP contribution in [0.1, 0.15) is 16.7 Å². The number of ether oxygens (including phenoxy) is 2. The molecule has 31 heavy (non-hydrogen) atoms. The maximum atomic E-state index is 6.33. The fraction of sp³-hybridized carbons (Fsp3) is 0.435. The molecule has 8 heteroatoms. The summed E-state index contributed by atoms with van der Waals surface area (Å²) in [7, 11) is 3.43. The van der Waals surface area contributed by atoms with E-state index in [2.05, 4.69) is 44.8 Å². The van der Waals surface area contributed by atoms with Gasteiger partial charge in [0.25, 0.3) is 0 Å². The lowest BCUT2D eigenvalue weighted by Gasteiger charge is -2.27. The first-order valence-electron chi connectivity index (χ1n) is 10.3. The van der Waals surface area contributed by atoms with E-state index in [1.165, 1.54) is 11.1 Å². The first-order valence-corrected chi connectivity index (χ1v) is 10.7. The van der Waals surface area contributed by atoms with Crippen molar-refractivity contribution in [2.45, 2.75) is 19.5 Å². The summed E-state index contributed by atoms with van der Waals surface area (Å²) in [4.78, 5) is 6.78. The molecule has 0 saturated carbocycles. The van der Waals surface area contributed by atoms with Crippen LogP contribution in [0, 0.1) is 0 Å². The number of hydrogen-bond donors (Lipinski definition) is 2. The SMILES string of the molecule is CN=C(NCCc1ccc(OC)cc1Cl)NCc1ccccc1CN1CCOCC1.I. The van der Waals surface area contributed by atoms with Crippen molar-refractivity contribution in [3.63, 3.8) is 0 Å². The Kier molecular flexibility index (Phi) is 11.4. The van der Waals surface area contributed by atoms with Gasteiger partial charge in [-0.1, -0.05) is 41.9 Å². The summed E-state index contributed by atoms with van der Waals surface area (Å²) in [5.41, 5.74) is 3.70. The number of rotatable bonds is 8. The van der Waals surface area contributed by atoms with Crippen molar-refractivity contribution in [3.05, 3.63) is 64.2 Å². The third-order valence-corrected chi connectivity index (χ3v) is 5.58. The Hall–Kier alpha value is -1.55. The van der Waals surface area contributed by atoms with Crippen LogP contribution < -0.4 is 15.4 Å². The molecule has 0 atom stereocenters. The first kappa shape index (κ1) is 25.7. The van der Waals surface area contributed by atoms with E-state index in [1.807, 2.05) is 18.2 Å². The number of methoxy groups -OCH3 is 1. The molecule has 2 aromatic carbocycles. The highest BCUT2D eigenvalue weighted by Gasteiger charge is 2.13. The zero-order valence-electron chi connectivity index (χ0n) is 18.2. The minimum atomic E-state index is 0. The lowest BCUT2D eigenvalue weighted by molar-refractivity contribution is 0.0341. The largest absolute Gasteiger partial charge is 0.497 e. The second-order valence-electron chi connectivity index (χ2n) is 7.22. The quantitative estimate of drug-likeness (QED) is 0.294. The van der Waals surface area contributed by atoms with Crippen LogP contribution in [0.25, 0.3) is 0 Å². The molecule has 0 aliphatic carbocycles. The van der Waals surface area contributed by atoms with Gasteiger partial charge in [-0.25, -0.2) is 0 Å². The molecular formula is C23H32ClIN4O2. The second kappa shape index (κ2) is 13.8. The molecule has 1 fully saturated rings. The molecule has 0 spiro atoms. The first-order chi connectivity index (χ1) is 14.7. The lowest BCUT2D eigenvalue weighted by atomic mass is 10.1. The summed E-state index contributed by atoms with van der Waals surface area (Å²) in [5.74, 6) is 1.55. The Morgan fingerprint density at radius 3 is 2.52 bits per heavy atom. The highest BCUT2D eigenvalue weighted by Crippen LogP contribution is 2.22. The van der Waals surface area contributed by atoms with E-state index in [0.717, 1.165) is 74.7 Å². The van der Waals surface area contributed by atoms with Crippen LogP contribution in [-0.4, -0.2) is 57.9 Å². The van der Waals surface area contributed by atoms with Crippen LogP contribution in [0.3, 0.4) is 0 Å². The van der Waals surface area contributed by atoms with Crippen LogP contribution in [0.2, 0.25) is 5.02 Å². The van der Waals surface area contributed by atoms with Gasteiger partial charge in [0.15, 0.2) is 5.96 Å². The van der Waals surface area contributed by atoms with Crippen molar-refractivity contribution in [1.29, 1.82) is 0 Å². The number of guanidine groups is 1. The molecule has 0 bridgehead atoms. The molecule has 2 N–H and O–H groups in total. The van der Waals surface area contributed by atoms with Crippen molar-refractivity contribution >= 4 is 41.5 Å². The van der Waals surface area contributed by atoms with Gasteiger partial charge < -0.3 is 20.1 Å².